The van der Waals surface area contributed by atoms with E-state index < -0.39 is 0 Å². The molecule has 1 atom stereocenters. The third-order valence-electron chi connectivity index (χ3n) is 3.81. The van der Waals surface area contributed by atoms with Gasteiger partial charge in [0.2, 0.25) is 5.96 Å². The number of aliphatic imine (C=N–C) groups is 2. The average Bonchev–Trinajstić information content (AvgIpc) is 2.34. The van der Waals surface area contributed by atoms with Gasteiger partial charge in [0.25, 0.3) is 0 Å². The van der Waals surface area contributed by atoms with Gasteiger partial charge >= 0.3 is 0 Å². The van der Waals surface area contributed by atoms with Crippen LogP contribution in [-0.4, -0.2) is 18.0 Å². The van der Waals surface area contributed by atoms with Crippen molar-refractivity contribution in [2.45, 2.75) is 38.1 Å². The number of hydrogen-bond donors (Lipinski definition) is 3. The number of aryl methyl sites for hydroxylation is 1. The van der Waals surface area contributed by atoms with E-state index in [0.29, 0.717) is 5.92 Å². The minimum absolute atomic E-state index is 0.0401. The van der Waals surface area contributed by atoms with E-state index in [1.54, 1.807) is 0 Å². The van der Waals surface area contributed by atoms with Crippen molar-refractivity contribution < 1.29 is 0 Å². The van der Waals surface area contributed by atoms with E-state index in [2.05, 4.69) is 34.3 Å². The monoisotopic (exact) mass is 273 g/mol. The van der Waals surface area contributed by atoms with Crippen LogP contribution < -0.4 is 17.2 Å². The summed E-state index contributed by atoms with van der Waals surface area (Å²) in [5.41, 5.74) is 17.7. The van der Waals surface area contributed by atoms with Gasteiger partial charge in [-0.15, -0.1) is 0 Å². The van der Waals surface area contributed by atoms with Crippen LogP contribution in [0.4, 0.5) is 0 Å². The zero-order valence-corrected chi connectivity index (χ0v) is 11.7. The Kier molecular flexibility index (Phi) is 4.98. The largest absolute Gasteiger partial charge is 0.370 e. The fourth-order valence-corrected chi connectivity index (χ4v) is 2.52. The Hall–Kier alpha value is -2.04. The molecule has 0 aromatic heterocycles. The van der Waals surface area contributed by atoms with Crippen LogP contribution in [0.2, 0.25) is 0 Å². The van der Waals surface area contributed by atoms with Gasteiger partial charge < -0.3 is 17.2 Å². The topological polar surface area (TPSA) is 103 Å². The molecule has 0 unspecified atom stereocenters. The number of hydrogen-bond acceptors (Lipinski definition) is 1. The maximum atomic E-state index is 5.76. The maximum absolute atomic E-state index is 5.76. The van der Waals surface area contributed by atoms with E-state index in [9.17, 15) is 0 Å². The number of rotatable bonds is 5. The summed E-state index contributed by atoms with van der Waals surface area (Å²) in [6, 6.07) is 10.6. The van der Waals surface area contributed by atoms with E-state index in [4.69, 9.17) is 17.2 Å². The summed E-state index contributed by atoms with van der Waals surface area (Å²) in [6.45, 7) is 0. The van der Waals surface area contributed by atoms with Crippen LogP contribution in [-0.2, 0) is 6.42 Å². The zero-order valence-electron chi connectivity index (χ0n) is 11.7. The van der Waals surface area contributed by atoms with E-state index in [-0.39, 0.29) is 18.0 Å². The lowest BCUT2D eigenvalue weighted by Gasteiger charge is -2.31. The van der Waals surface area contributed by atoms with Crippen molar-refractivity contribution in [3.8, 4) is 0 Å². The van der Waals surface area contributed by atoms with Crippen LogP contribution in [0.25, 0.3) is 0 Å². The molecular formula is C15H23N5. The number of nitrogens with two attached hydrogens (primary N) is 3. The first kappa shape index (κ1) is 14.4. The number of nitrogens with zero attached hydrogens (tertiary/aromatic N) is 2. The lowest BCUT2D eigenvalue weighted by atomic mass is 9.78. The molecule has 1 saturated carbocycles. The highest BCUT2D eigenvalue weighted by molar-refractivity contribution is 5.92. The quantitative estimate of drug-likeness (QED) is 0.557. The lowest BCUT2D eigenvalue weighted by Crippen LogP contribution is -2.30. The maximum Gasteiger partial charge on any atom is 0.218 e. The Labute approximate surface area is 120 Å². The van der Waals surface area contributed by atoms with Crippen LogP contribution >= 0.6 is 0 Å². The van der Waals surface area contributed by atoms with Crippen LogP contribution in [0.1, 0.15) is 31.2 Å². The molecule has 0 bridgehead atoms. The normalized spacial score (nSPS) is 17.3. The van der Waals surface area contributed by atoms with Gasteiger partial charge in [0, 0.05) is 0 Å². The van der Waals surface area contributed by atoms with Gasteiger partial charge in [0.1, 0.15) is 0 Å². The third kappa shape index (κ3) is 4.26. The summed E-state index contributed by atoms with van der Waals surface area (Å²) in [4.78, 5) is 8.31. The Bertz CT molecular complexity index is 472. The molecule has 5 heteroatoms. The van der Waals surface area contributed by atoms with Crippen molar-refractivity contribution in [3.05, 3.63) is 35.9 Å². The number of benzene rings is 1. The highest BCUT2D eigenvalue weighted by atomic mass is 15.1. The van der Waals surface area contributed by atoms with E-state index in [1.165, 1.54) is 24.8 Å². The second-order valence-corrected chi connectivity index (χ2v) is 5.31. The third-order valence-corrected chi connectivity index (χ3v) is 3.81. The molecule has 0 aliphatic heterocycles. The van der Waals surface area contributed by atoms with E-state index in [0.717, 1.165) is 12.8 Å². The van der Waals surface area contributed by atoms with Crippen LogP contribution in [0.15, 0.2) is 40.3 Å². The first-order valence-electron chi connectivity index (χ1n) is 7.12. The zero-order chi connectivity index (χ0) is 14.4. The molecule has 0 heterocycles. The second-order valence-electron chi connectivity index (χ2n) is 5.31. The minimum Gasteiger partial charge on any atom is -0.370 e. The molecule has 2 rings (SSSR count). The molecule has 1 fully saturated rings. The summed E-state index contributed by atoms with van der Waals surface area (Å²) < 4.78 is 0. The smallest absolute Gasteiger partial charge is 0.218 e. The van der Waals surface area contributed by atoms with Crippen molar-refractivity contribution >= 4 is 11.9 Å². The standard InChI is InChI=1S/C15H23N5/c16-14(17)20-15(18)19-13(12-7-4-8-12)10-9-11-5-2-1-3-6-11/h1-3,5-6,12-13H,4,7-10H2,(H6,16,17,18,19,20)/t13-/m1/s1. The summed E-state index contributed by atoms with van der Waals surface area (Å²) in [5.74, 6) is 0.767. The van der Waals surface area contributed by atoms with Crippen molar-refractivity contribution in [3.63, 3.8) is 0 Å². The van der Waals surface area contributed by atoms with Gasteiger partial charge in [-0.3, -0.25) is 0 Å². The average molecular weight is 273 g/mol. The molecule has 0 radical (unpaired) electrons. The van der Waals surface area contributed by atoms with Crippen LogP contribution in [0.3, 0.4) is 0 Å². The summed E-state index contributed by atoms with van der Waals surface area (Å²) in [7, 11) is 0. The van der Waals surface area contributed by atoms with E-state index >= 15 is 0 Å². The Morgan fingerprint density at radius 3 is 2.40 bits per heavy atom. The molecule has 108 valence electrons. The Balaban J connectivity index is 1.99. The summed E-state index contributed by atoms with van der Waals surface area (Å²) in [6.07, 6.45) is 5.70. The Morgan fingerprint density at radius 1 is 1.15 bits per heavy atom. The Morgan fingerprint density at radius 2 is 1.85 bits per heavy atom. The van der Waals surface area contributed by atoms with Gasteiger partial charge in [-0.05, 0) is 37.2 Å². The van der Waals surface area contributed by atoms with Crippen molar-refractivity contribution in [1.82, 2.24) is 0 Å². The predicted molar refractivity (Wildman–Crippen MR) is 83.3 cm³/mol. The lowest BCUT2D eigenvalue weighted by molar-refractivity contribution is 0.254. The molecule has 20 heavy (non-hydrogen) atoms. The number of guanidine groups is 2. The van der Waals surface area contributed by atoms with Gasteiger partial charge in [-0.1, -0.05) is 36.8 Å². The van der Waals surface area contributed by atoms with E-state index in [1.807, 2.05) is 6.07 Å². The molecule has 6 N–H and O–H groups in total. The molecule has 0 saturated heterocycles. The molecule has 5 nitrogen and oxygen atoms in total. The molecule has 1 aromatic rings. The van der Waals surface area contributed by atoms with Crippen molar-refractivity contribution in [1.29, 1.82) is 0 Å². The fourth-order valence-electron chi connectivity index (χ4n) is 2.52. The second kappa shape index (κ2) is 6.93. The molecule has 1 aliphatic rings. The molecule has 1 aliphatic carbocycles. The summed E-state index contributed by atoms with van der Waals surface area (Å²) >= 11 is 0. The molecule has 0 spiro atoms. The van der Waals surface area contributed by atoms with Crippen LogP contribution in [0.5, 0.6) is 0 Å². The van der Waals surface area contributed by atoms with Crippen molar-refractivity contribution in [2.75, 3.05) is 0 Å². The highest BCUT2D eigenvalue weighted by Gasteiger charge is 2.26. The van der Waals surface area contributed by atoms with Gasteiger partial charge in [0.05, 0.1) is 6.04 Å². The highest BCUT2D eigenvalue weighted by Crippen LogP contribution is 2.33. The predicted octanol–water partition coefficient (Wildman–Crippen LogP) is 1.38. The fraction of sp³-hybridized carbons (Fsp3) is 0.467. The molecule has 0 amide bonds. The minimum atomic E-state index is -0.0401. The molecular weight excluding hydrogens is 250 g/mol. The van der Waals surface area contributed by atoms with Gasteiger partial charge in [-0.2, -0.15) is 4.99 Å². The molecule has 1 aromatic carbocycles. The van der Waals surface area contributed by atoms with Crippen LogP contribution in [0, 0.1) is 5.92 Å². The first-order valence-corrected chi connectivity index (χ1v) is 7.12. The van der Waals surface area contributed by atoms with Gasteiger partial charge in [-0.25, -0.2) is 4.99 Å². The first-order chi connectivity index (χ1) is 9.65. The SMILES string of the molecule is NC(N)=NC(N)=N[C@H](CCc1ccccc1)C1CCC1. The summed E-state index contributed by atoms with van der Waals surface area (Å²) in [5, 5.41) is 0. The van der Waals surface area contributed by atoms with Crippen molar-refractivity contribution in [2.24, 2.45) is 33.1 Å². The van der Waals surface area contributed by atoms with Gasteiger partial charge in [0.15, 0.2) is 5.96 Å².